The van der Waals surface area contributed by atoms with Crippen LogP contribution in [0.1, 0.15) is 25.7 Å². The number of hydrogen-bond acceptors (Lipinski definition) is 5. The van der Waals surface area contributed by atoms with Crippen molar-refractivity contribution in [3.8, 4) is 0 Å². The van der Waals surface area contributed by atoms with Gasteiger partial charge in [-0.1, -0.05) is 0 Å². The van der Waals surface area contributed by atoms with Crippen molar-refractivity contribution in [2.24, 2.45) is 11.8 Å². The Bertz CT molecular complexity index is 236. The molecular formula is C13H26N2O3. The first kappa shape index (κ1) is 14.2. The van der Waals surface area contributed by atoms with Crippen LogP contribution in [-0.2, 0) is 0 Å². The third-order valence-electron chi connectivity index (χ3n) is 4.42. The molecule has 1 aliphatic carbocycles. The smallest absolute Gasteiger partial charge is 0.0607 e. The molecule has 5 nitrogen and oxygen atoms in total. The second-order valence-corrected chi connectivity index (χ2v) is 5.73. The molecule has 1 atom stereocenters. The molecule has 0 bridgehead atoms. The summed E-state index contributed by atoms with van der Waals surface area (Å²) in [4.78, 5) is 0. The third kappa shape index (κ3) is 3.42. The average molecular weight is 258 g/mol. The fourth-order valence-electron chi connectivity index (χ4n) is 3.22. The van der Waals surface area contributed by atoms with E-state index in [1.54, 1.807) is 0 Å². The van der Waals surface area contributed by atoms with Gasteiger partial charge in [0.2, 0.25) is 0 Å². The molecule has 0 aromatic carbocycles. The standard InChI is InChI=1S/C13H26N2O3/c16-7-11(8-17)15-13(10-5-12(18)6-10)9-1-3-14-4-2-9/h9-18H,1-8H2/t10?,12?,13-/m1/s1. The monoisotopic (exact) mass is 258 g/mol. The quantitative estimate of drug-likeness (QED) is 0.425. The largest absolute Gasteiger partial charge is 0.395 e. The molecule has 2 rings (SSSR count). The highest BCUT2D eigenvalue weighted by atomic mass is 16.3. The van der Waals surface area contributed by atoms with Gasteiger partial charge >= 0.3 is 0 Å². The first-order valence-electron chi connectivity index (χ1n) is 7.11. The summed E-state index contributed by atoms with van der Waals surface area (Å²) in [5, 5.41) is 34.7. The maximum Gasteiger partial charge on any atom is 0.0607 e. The number of hydrogen-bond donors (Lipinski definition) is 5. The number of nitrogens with one attached hydrogen (secondary N) is 2. The Morgan fingerprint density at radius 3 is 2.17 bits per heavy atom. The highest BCUT2D eigenvalue weighted by molar-refractivity contribution is 4.94. The summed E-state index contributed by atoms with van der Waals surface area (Å²) < 4.78 is 0. The van der Waals surface area contributed by atoms with E-state index in [0.717, 1.165) is 38.8 Å². The molecule has 0 aromatic rings. The minimum atomic E-state index is -0.234. The van der Waals surface area contributed by atoms with Crippen LogP contribution in [0.3, 0.4) is 0 Å². The average Bonchev–Trinajstić information content (AvgIpc) is 2.38. The van der Waals surface area contributed by atoms with Gasteiger partial charge in [0.15, 0.2) is 0 Å². The summed E-state index contributed by atoms with van der Waals surface area (Å²) in [7, 11) is 0. The van der Waals surface area contributed by atoms with Crippen LogP contribution >= 0.6 is 0 Å². The van der Waals surface area contributed by atoms with Crippen molar-refractivity contribution in [1.82, 2.24) is 10.6 Å². The minimum Gasteiger partial charge on any atom is -0.395 e. The molecule has 1 aliphatic heterocycles. The molecular weight excluding hydrogens is 232 g/mol. The van der Waals surface area contributed by atoms with Crippen molar-refractivity contribution in [3.63, 3.8) is 0 Å². The summed E-state index contributed by atoms with van der Waals surface area (Å²) in [6.07, 6.45) is 3.82. The van der Waals surface area contributed by atoms with E-state index in [9.17, 15) is 15.3 Å². The van der Waals surface area contributed by atoms with Crippen molar-refractivity contribution in [1.29, 1.82) is 0 Å². The van der Waals surface area contributed by atoms with Gasteiger partial charge in [-0.25, -0.2) is 0 Å². The Hall–Kier alpha value is -0.200. The predicted octanol–water partition coefficient (Wildman–Crippen LogP) is -0.932. The SMILES string of the molecule is OCC(CO)N[C@H](C1CCNCC1)C1CC(O)C1. The van der Waals surface area contributed by atoms with E-state index in [0.29, 0.717) is 17.9 Å². The van der Waals surface area contributed by atoms with Crippen LogP contribution in [0.4, 0.5) is 0 Å². The highest BCUT2D eigenvalue weighted by Crippen LogP contribution is 2.35. The summed E-state index contributed by atoms with van der Waals surface area (Å²) in [5.41, 5.74) is 0. The van der Waals surface area contributed by atoms with E-state index in [1.165, 1.54) is 0 Å². The zero-order valence-electron chi connectivity index (χ0n) is 10.9. The first-order chi connectivity index (χ1) is 8.74. The van der Waals surface area contributed by atoms with Crippen LogP contribution in [0.15, 0.2) is 0 Å². The molecule has 0 radical (unpaired) electrons. The molecule has 106 valence electrons. The molecule has 18 heavy (non-hydrogen) atoms. The van der Waals surface area contributed by atoms with E-state index < -0.39 is 0 Å². The van der Waals surface area contributed by atoms with Crippen LogP contribution in [0.2, 0.25) is 0 Å². The lowest BCUT2D eigenvalue weighted by Crippen LogP contribution is -2.55. The van der Waals surface area contributed by atoms with Gasteiger partial charge in [0.1, 0.15) is 0 Å². The zero-order valence-corrected chi connectivity index (χ0v) is 10.9. The van der Waals surface area contributed by atoms with Gasteiger partial charge in [0, 0.05) is 6.04 Å². The van der Waals surface area contributed by atoms with Crippen LogP contribution in [0, 0.1) is 11.8 Å². The molecule has 1 heterocycles. The van der Waals surface area contributed by atoms with Gasteiger partial charge in [-0.05, 0) is 50.6 Å². The van der Waals surface area contributed by atoms with E-state index in [1.807, 2.05) is 0 Å². The fourth-order valence-corrected chi connectivity index (χ4v) is 3.22. The van der Waals surface area contributed by atoms with Gasteiger partial charge in [-0.15, -0.1) is 0 Å². The minimum absolute atomic E-state index is 0.0345. The fraction of sp³-hybridized carbons (Fsp3) is 1.00. The summed E-state index contributed by atoms with van der Waals surface area (Å²) >= 11 is 0. The van der Waals surface area contributed by atoms with Crippen LogP contribution in [0.5, 0.6) is 0 Å². The number of rotatable bonds is 6. The van der Waals surface area contributed by atoms with Crippen LogP contribution in [0.25, 0.3) is 0 Å². The van der Waals surface area contributed by atoms with Gasteiger partial charge < -0.3 is 26.0 Å². The molecule has 0 amide bonds. The molecule has 0 spiro atoms. The maximum absolute atomic E-state index is 9.48. The molecule has 1 saturated carbocycles. The third-order valence-corrected chi connectivity index (χ3v) is 4.42. The van der Waals surface area contributed by atoms with E-state index >= 15 is 0 Å². The Kier molecular flexibility index (Phi) is 5.38. The second kappa shape index (κ2) is 6.82. The normalized spacial score (nSPS) is 31.3. The van der Waals surface area contributed by atoms with Crippen molar-refractivity contribution < 1.29 is 15.3 Å². The molecule has 2 aliphatic rings. The summed E-state index contributed by atoms with van der Waals surface area (Å²) in [6.45, 7) is 2.02. The van der Waals surface area contributed by atoms with Crippen molar-refractivity contribution in [3.05, 3.63) is 0 Å². The molecule has 5 N–H and O–H groups in total. The van der Waals surface area contributed by atoms with Gasteiger partial charge in [-0.2, -0.15) is 0 Å². The molecule has 5 heteroatoms. The summed E-state index contributed by atoms with van der Waals surface area (Å²) in [5.74, 6) is 1.08. The Morgan fingerprint density at radius 2 is 1.67 bits per heavy atom. The Morgan fingerprint density at radius 1 is 1.06 bits per heavy atom. The van der Waals surface area contributed by atoms with E-state index in [2.05, 4.69) is 10.6 Å². The van der Waals surface area contributed by atoms with Crippen molar-refractivity contribution >= 4 is 0 Å². The lowest BCUT2D eigenvalue weighted by molar-refractivity contribution is 0.00150. The van der Waals surface area contributed by atoms with Crippen LogP contribution in [-0.4, -0.2) is 59.8 Å². The Balaban J connectivity index is 1.93. The van der Waals surface area contributed by atoms with Crippen molar-refractivity contribution in [2.75, 3.05) is 26.3 Å². The topological polar surface area (TPSA) is 84.8 Å². The lowest BCUT2D eigenvalue weighted by atomic mass is 9.71. The molecule has 1 saturated heterocycles. The molecule has 2 fully saturated rings. The Labute approximate surface area is 109 Å². The second-order valence-electron chi connectivity index (χ2n) is 5.73. The van der Waals surface area contributed by atoms with E-state index in [4.69, 9.17) is 0 Å². The highest BCUT2D eigenvalue weighted by Gasteiger charge is 2.38. The lowest BCUT2D eigenvalue weighted by Gasteiger charge is -2.44. The molecule has 0 unspecified atom stereocenters. The maximum atomic E-state index is 9.48. The predicted molar refractivity (Wildman–Crippen MR) is 69.2 cm³/mol. The van der Waals surface area contributed by atoms with Gasteiger partial charge in [-0.3, -0.25) is 0 Å². The zero-order chi connectivity index (χ0) is 13.0. The van der Waals surface area contributed by atoms with Crippen LogP contribution < -0.4 is 10.6 Å². The van der Waals surface area contributed by atoms with Crippen molar-refractivity contribution in [2.45, 2.75) is 43.9 Å². The van der Waals surface area contributed by atoms with Gasteiger partial charge in [0.25, 0.3) is 0 Å². The number of piperidine rings is 1. The van der Waals surface area contributed by atoms with E-state index in [-0.39, 0.29) is 25.4 Å². The summed E-state index contributed by atoms with van der Waals surface area (Å²) in [6, 6.07) is 0.0856. The first-order valence-corrected chi connectivity index (χ1v) is 7.11. The molecule has 0 aromatic heterocycles. The van der Waals surface area contributed by atoms with Gasteiger partial charge in [0.05, 0.1) is 25.4 Å². The number of aliphatic hydroxyl groups is 3. The number of aliphatic hydroxyl groups excluding tert-OH is 3.